The minimum Gasteiger partial charge on any atom is -0.480 e. The lowest BCUT2D eigenvalue weighted by molar-refractivity contribution is -0.137. The van der Waals surface area contributed by atoms with Gasteiger partial charge in [0.15, 0.2) is 0 Å². The maximum absolute atomic E-state index is 12.5. The Morgan fingerprint density at radius 1 is 1.18 bits per heavy atom. The molecule has 1 N–H and O–H groups in total. The molecular formula is C16H16BrNO4. The SMILES string of the molecule is COCCN(CC(=O)O)C(=O)c1ccc2cc(Br)ccc2c1. The lowest BCUT2D eigenvalue weighted by Crippen LogP contribution is -2.38. The monoisotopic (exact) mass is 365 g/mol. The van der Waals surface area contributed by atoms with Gasteiger partial charge in [-0.1, -0.05) is 28.1 Å². The minimum atomic E-state index is -1.05. The van der Waals surface area contributed by atoms with Crippen molar-refractivity contribution >= 4 is 38.6 Å². The summed E-state index contributed by atoms with van der Waals surface area (Å²) in [5.74, 6) is -1.36. The number of carboxylic acids is 1. The summed E-state index contributed by atoms with van der Waals surface area (Å²) < 4.78 is 5.90. The quantitative estimate of drug-likeness (QED) is 0.854. The molecule has 0 aromatic heterocycles. The van der Waals surface area contributed by atoms with Crippen LogP contribution in [0.25, 0.3) is 10.8 Å². The van der Waals surface area contributed by atoms with Crippen LogP contribution in [-0.4, -0.2) is 48.7 Å². The van der Waals surface area contributed by atoms with Crippen LogP contribution in [0, 0.1) is 0 Å². The molecule has 2 aromatic carbocycles. The van der Waals surface area contributed by atoms with Gasteiger partial charge in [0, 0.05) is 23.7 Å². The van der Waals surface area contributed by atoms with Crippen LogP contribution in [0.1, 0.15) is 10.4 Å². The lowest BCUT2D eigenvalue weighted by atomic mass is 10.1. The topological polar surface area (TPSA) is 66.8 Å². The number of fused-ring (bicyclic) bond motifs is 1. The number of carbonyl (C=O) groups is 2. The summed E-state index contributed by atoms with van der Waals surface area (Å²) in [5, 5.41) is 10.9. The highest BCUT2D eigenvalue weighted by atomic mass is 79.9. The number of hydrogen-bond donors (Lipinski definition) is 1. The molecule has 0 atom stereocenters. The predicted molar refractivity (Wildman–Crippen MR) is 87.1 cm³/mol. The van der Waals surface area contributed by atoms with E-state index in [4.69, 9.17) is 9.84 Å². The Kier molecular flexibility index (Phi) is 5.51. The number of hydrogen-bond acceptors (Lipinski definition) is 3. The maximum atomic E-state index is 12.5. The molecular weight excluding hydrogens is 350 g/mol. The van der Waals surface area contributed by atoms with Crippen LogP contribution in [-0.2, 0) is 9.53 Å². The molecule has 0 fully saturated rings. The van der Waals surface area contributed by atoms with Crippen LogP contribution < -0.4 is 0 Å². The number of benzene rings is 2. The fourth-order valence-corrected chi connectivity index (χ4v) is 2.53. The highest BCUT2D eigenvalue weighted by Gasteiger charge is 2.18. The van der Waals surface area contributed by atoms with E-state index < -0.39 is 5.97 Å². The zero-order chi connectivity index (χ0) is 16.1. The van der Waals surface area contributed by atoms with E-state index in [9.17, 15) is 9.59 Å². The van der Waals surface area contributed by atoms with Crippen molar-refractivity contribution in [3.8, 4) is 0 Å². The third kappa shape index (κ3) is 4.05. The number of ether oxygens (including phenoxy) is 1. The second-order valence-electron chi connectivity index (χ2n) is 4.82. The van der Waals surface area contributed by atoms with E-state index in [-0.39, 0.29) is 19.0 Å². The molecule has 0 aliphatic rings. The summed E-state index contributed by atoms with van der Waals surface area (Å²) in [6, 6.07) is 11.1. The van der Waals surface area contributed by atoms with E-state index in [1.54, 1.807) is 12.1 Å². The molecule has 6 heteroatoms. The van der Waals surface area contributed by atoms with Gasteiger partial charge in [-0.25, -0.2) is 0 Å². The fourth-order valence-electron chi connectivity index (χ4n) is 2.15. The molecule has 0 saturated heterocycles. The van der Waals surface area contributed by atoms with Crippen molar-refractivity contribution in [3.05, 3.63) is 46.4 Å². The molecule has 0 spiro atoms. The number of nitrogens with zero attached hydrogens (tertiary/aromatic N) is 1. The molecule has 1 amide bonds. The van der Waals surface area contributed by atoms with E-state index in [1.807, 2.05) is 24.3 Å². The Balaban J connectivity index is 2.28. The summed E-state index contributed by atoms with van der Waals surface area (Å²) in [5.41, 5.74) is 0.465. The highest BCUT2D eigenvalue weighted by Crippen LogP contribution is 2.21. The number of halogens is 1. The Labute approximate surface area is 136 Å². The van der Waals surface area contributed by atoms with Gasteiger partial charge in [0.25, 0.3) is 5.91 Å². The summed E-state index contributed by atoms with van der Waals surface area (Å²) >= 11 is 3.40. The van der Waals surface area contributed by atoms with Crippen LogP contribution >= 0.6 is 15.9 Å². The molecule has 2 rings (SSSR count). The average Bonchev–Trinajstić information content (AvgIpc) is 2.49. The first-order chi connectivity index (χ1) is 10.5. The normalized spacial score (nSPS) is 10.6. The molecule has 0 unspecified atom stereocenters. The first-order valence-corrected chi connectivity index (χ1v) is 7.50. The molecule has 5 nitrogen and oxygen atoms in total. The van der Waals surface area contributed by atoms with E-state index in [0.717, 1.165) is 15.2 Å². The highest BCUT2D eigenvalue weighted by molar-refractivity contribution is 9.10. The third-order valence-corrected chi connectivity index (χ3v) is 3.72. The molecule has 22 heavy (non-hydrogen) atoms. The predicted octanol–water partition coefficient (Wildman–Crippen LogP) is 2.78. The van der Waals surface area contributed by atoms with Gasteiger partial charge in [-0.3, -0.25) is 9.59 Å². The first kappa shape index (κ1) is 16.5. The van der Waals surface area contributed by atoms with Crippen LogP contribution in [0.4, 0.5) is 0 Å². The molecule has 0 bridgehead atoms. The smallest absolute Gasteiger partial charge is 0.323 e. The standard InChI is InChI=1S/C16H16BrNO4/c1-22-7-6-18(10-15(19)20)16(21)13-3-2-12-9-14(17)5-4-11(12)8-13/h2-5,8-9H,6-7,10H2,1H3,(H,19,20). The molecule has 0 saturated carbocycles. The first-order valence-electron chi connectivity index (χ1n) is 6.70. The van der Waals surface area contributed by atoms with Gasteiger partial charge in [0.2, 0.25) is 0 Å². The zero-order valence-corrected chi connectivity index (χ0v) is 13.7. The summed E-state index contributed by atoms with van der Waals surface area (Å²) in [4.78, 5) is 24.7. The molecule has 0 aliphatic carbocycles. The van der Waals surface area contributed by atoms with Crippen molar-refractivity contribution < 1.29 is 19.4 Å². The van der Waals surface area contributed by atoms with Crippen LogP contribution in [0.2, 0.25) is 0 Å². The van der Waals surface area contributed by atoms with Gasteiger partial charge in [0.05, 0.1) is 6.61 Å². The van der Waals surface area contributed by atoms with Crippen molar-refractivity contribution in [1.29, 1.82) is 0 Å². The van der Waals surface area contributed by atoms with Gasteiger partial charge in [-0.15, -0.1) is 0 Å². The van der Waals surface area contributed by atoms with E-state index in [0.29, 0.717) is 12.2 Å². The van der Waals surface area contributed by atoms with Gasteiger partial charge < -0.3 is 14.7 Å². The lowest BCUT2D eigenvalue weighted by Gasteiger charge is -2.20. The molecule has 116 valence electrons. The Morgan fingerprint density at radius 2 is 1.86 bits per heavy atom. The van der Waals surface area contributed by atoms with Gasteiger partial charge in [-0.2, -0.15) is 0 Å². The number of carbonyl (C=O) groups excluding carboxylic acids is 1. The number of aliphatic carboxylic acids is 1. The third-order valence-electron chi connectivity index (χ3n) is 3.23. The van der Waals surface area contributed by atoms with Crippen molar-refractivity contribution in [2.75, 3.05) is 26.8 Å². The Bertz CT molecular complexity index is 702. The molecule has 0 radical (unpaired) electrons. The second kappa shape index (κ2) is 7.38. The van der Waals surface area contributed by atoms with Crippen molar-refractivity contribution in [2.45, 2.75) is 0 Å². The van der Waals surface area contributed by atoms with Crippen LogP contribution in [0.15, 0.2) is 40.9 Å². The number of rotatable bonds is 6. The maximum Gasteiger partial charge on any atom is 0.323 e. The number of amides is 1. The number of methoxy groups -OCH3 is 1. The van der Waals surface area contributed by atoms with E-state index >= 15 is 0 Å². The van der Waals surface area contributed by atoms with Crippen molar-refractivity contribution in [1.82, 2.24) is 4.90 Å². The van der Waals surface area contributed by atoms with Gasteiger partial charge in [0.1, 0.15) is 6.54 Å². The van der Waals surface area contributed by atoms with Crippen LogP contribution in [0.3, 0.4) is 0 Å². The van der Waals surface area contributed by atoms with Gasteiger partial charge >= 0.3 is 5.97 Å². The summed E-state index contributed by atoms with van der Waals surface area (Å²) in [6.45, 7) is 0.181. The molecule has 0 aliphatic heterocycles. The van der Waals surface area contributed by atoms with E-state index in [2.05, 4.69) is 15.9 Å². The van der Waals surface area contributed by atoms with Crippen LogP contribution in [0.5, 0.6) is 0 Å². The summed E-state index contributed by atoms with van der Waals surface area (Å²) in [7, 11) is 1.51. The Morgan fingerprint density at radius 3 is 2.55 bits per heavy atom. The molecule has 2 aromatic rings. The van der Waals surface area contributed by atoms with Crippen molar-refractivity contribution in [3.63, 3.8) is 0 Å². The summed E-state index contributed by atoms with van der Waals surface area (Å²) in [6.07, 6.45) is 0. The van der Waals surface area contributed by atoms with E-state index in [1.165, 1.54) is 12.0 Å². The van der Waals surface area contributed by atoms with Crippen molar-refractivity contribution in [2.24, 2.45) is 0 Å². The zero-order valence-electron chi connectivity index (χ0n) is 12.1. The van der Waals surface area contributed by atoms with Gasteiger partial charge in [-0.05, 0) is 35.0 Å². The minimum absolute atomic E-state index is 0.236. The second-order valence-corrected chi connectivity index (χ2v) is 5.74. The average molecular weight is 366 g/mol. The fraction of sp³-hybridized carbons (Fsp3) is 0.250. The molecule has 0 heterocycles. The Hall–Kier alpha value is -1.92. The largest absolute Gasteiger partial charge is 0.480 e. The number of carboxylic acid groups (broad SMARTS) is 1.